The lowest BCUT2D eigenvalue weighted by molar-refractivity contribution is 0.172. The van der Waals surface area contributed by atoms with Gasteiger partial charge in [0.2, 0.25) is 0 Å². The standard InChI is InChI=1S/C22H24N6OS/c1-14-9-12-28(22(29)26-21-25-16-5-3-4-6-19(16)30-21)13-18(14)27(2)17-8-11-24-20-15(17)7-10-23-20/h3-8,10-11,14,18H,9,12-13H2,1-2H3,(H,23,24)(H,25,26,29)/t14-,18+/m1/s1. The molecule has 154 valence electrons. The summed E-state index contributed by atoms with van der Waals surface area (Å²) in [5.74, 6) is 0.476. The Labute approximate surface area is 178 Å². The van der Waals surface area contributed by atoms with Gasteiger partial charge in [0.25, 0.3) is 0 Å². The summed E-state index contributed by atoms with van der Waals surface area (Å²) in [5.41, 5.74) is 2.93. The second-order valence-electron chi connectivity index (χ2n) is 7.88. The largest absolute Gasteiger partial charge is 0.369 e. The van der Waals surface area contributed by atoms with Gasteiger partial charge in [-0.15, -0.1) is 0 Å². The number of fused-ring (bicyclic) bond motifs is 2. The van der Waals surface area contributed by atoms with E-state index in [9.17, 15) is 4.79 Å². The van der Waals surface area contributed by atoms with Gasteiger partial charge in [0, 0.05) is 49.6 Å². The fourth-order valence-electron chi connectivity index (χ4n) is 4.27. The number of carbonyl (C=O) groups excluding carboxylic acids is 1. The number of nitrogens with one attached hydrogen (secondary N) is 2. The van der Waals surface area contributed by atoms with E-state index in [0.29, 0.717) is 17.6 Å². The number of nitrogens with zero attached hydrogens (tertiary/aromatic N) is 4. The molecule has 1 fully saturated rings. The first kappa shape index (κ1) is 18.9. The van der Waals surface area contributed by atoms with Crippen LogP contribution < -0.4 is 10.2 Å². The quantitative estimate of drug-likeness (QED) is 0.510. The molecular weight excluding hydrogens is 396 g/mol. The third kappa shape index (κ3) is 3.37. The SMILES string of the molecule is C[C@@H]1CCN(C(=O)Nc2nc3ccccc3s2)C[C@@H]1N(C)c1ccnc2[nH]ccc12. The van der Waals surface area contributed by atoms with E-state index < -0.39 is 0 Å². The first-order chi connectivity index (χ1) is 14.6. The molecule has 8 heteroatoms. The van der Waals surface area contributed by atoms with E-state index in [1.807, 2.05) is 47.6 Å². The Hall–Kier alpha value is -3.13. The summed E-state index contributed by atoms with van der Waals surface area (Å²) < 4.78 is 1.07. The van der Waals surface area contributed by atoms with Gasteiger partial charge in [-0.25, -0.2) is 14.8 Å². The molecule has 0 saturated carbocycles. The Morgan fingerprint density at radius 3 is 3.03 bits per heavy atom. The minimum atomic E-state index is -0.0825. The lowest BCUT2D eigenvalue weighted by Gasteiger charge is -2.42. The summed E-state index contributed by atoms with van der Waals surface area (Å²) in [6, 6.07) is 12.2. The summed E-state index contributed by atoms with van der Waals surface area (Å²) in [4.78, 5) is 29.3. The van der Waals surface area contributed by atoms with Crippen molar-refractivity contribution >= 4 is 49.4 Å². The molecule has 1 aliphatic heterocycles. The maximum atomic E-state index is 13.0. The van der Waals surface area contributed by atoms with Crippen LogP contribution in [-0.4, -0.2) is 52.1 Å². The summed E-state index contributed by atoms with van der Waals surface area (Å²) in [6.07, 6.45) is 4.70. The van der Waals surface area contributed by atoms with Crippen LogP contribution in [0.4, 0.5) is 15.6 Å². The van der Waals surface area contributed by atoms with Crippen molar-refractivity contribution in [2.75, 3.05) is 30.4 Å². The number of carbonyl (C=O) groups is 1. The number of anilines is 2. The van der Waals surface area contributed by atoms with E-state index >= 15 is 0 Å². The number of amides is 2. The molecule has 0 unspecified atom stereocenters. The third-order valence-corrected chi connectivity index (χ3v) is 6.98. The number of piperidine rings is 1. The molecule has 0 spiro atoms. The van der Waals surface area contributed by atoms with Crippen LogP contribution in [0.25, 0.3) is 21.3 Å². The highest BCUT2D eigenvalue weighted by Crippen LogP contribution is 2.31. The lowest BCUT2D eigenvalue weighted by atomic mass is 9.92. The average Bonchev–Trinajstić information content (AvgIpc) is 3.39. The van der Waals surface area contributed by atoms with Crippen molar-refractivity contribution < 1.29 is 4.79 Å². The molecule has 7 nitrogen and oxygen atoms in total. The number of para-hydroxylation sites is 1. The van der Waals surface area contributed by atoms with Crippen molar-refractivity contribution in [2.45, 2.75) is 19.4 Å². The zero-order valence-corrected chi connectivity index (χ0v) is 17.8. The summed E-state index contributed by atoms with van der Waals surface area (Å²) in [6.45, 7) is 3.68. The maximum Gasteiger partial charge on any atom is 0.323 e. The van der Waals surface area contributed by atoms with Crippen molar-refractivity contribution in [3.63, 3.8) is 0 Å². The Morgan fingerprint density at radius 1 is 1.30 bits per heavy atom. The topological polar surface area (TPSA) is 77.2 Å². The molecule has 0 bridgehead atoms. The number of H-pyrrole nitrogens is 1. The molecule has 1 aliphatic rings. The molecule has 4 heterocycles. The van der Waals surface area contributed by atoms with Crippen molar-refractivity contribution in [1.29, 1.82) is 0 Å². The molecule has 2 amide bonds. The highest BCUT2D eigenvalue weighted by atomic mass is 32.1. The molecule has 4 aromatic rings. The van der Waals surface area contributed by atoms with Gasteiger partial charge in [-0.05, 0) is 36.6 Å². The second-order valence-corrected chi connectivity index (χ2v) is 8.91. The van der Waals surface area contributed by atoms with Crippen LogP contribution in [0.3, 0.4) is 0 Å². The van der Waals surface area contributed by atoms with Crippen molar-refractivity contribution in [2.24, 2.45) is 5.92 Å². The number of hydrogen-bond acceptors (Lipinski definition) is 5. The predicted octanol–water partition coefficient (Wildman–Crippen LogP) is 4.55. The van der Waals surface area contributed by atoms with Gasteiger partial charge in [0.05, 0.1) is 10.2 Å². The van der Waals surface area contributed by atoms with Crippen LogP contribution in [-0.2, 0) is 0 Å². The van der Waals surface area contributed by atoms with Crippen molar-refractivity contribution in [3.8, 4) is 0 Å². The molecule has 1 aromatic carbocycles. The van der Waals surface area contributed by atoms with E-state index in [0.717, 1.165) is 39.9 Å². The molecular formula is C22H24N6OS. The Balaban J connectivity index is 1.33. The Kier molecular flexibility index (Phi) is 4.78. The number of aromatic amines is 1. The van der Waals surface area contributed by atoms with E-state index in [2.05, 4.69) is 45.2 Å². The van der Waals surface area contributed by atoms with E-state index in [1.54, 1.807) is 0 Å². The minimum Gasteiger partial charge on any atom is -0.369 e. The number of hydrogen-bond donors (Lipinski definition) is 2. The lowest BCUT2D eigenvalue weighted by Crippen LogP contribution is -2.53. The Bertz CT molecular complexity index is 1170. The minimum absolute atomic E-state index is 0.0825. The molecule has 0 radical (unpaired) electrons. The van der Waals surface area contributed by atoms with E-state index in [1.165, 1.54) is 11.3 Å². The Morgan fingerprint density at radius 2 is 2.17 bits per heavy atom. The average molecular weight is 421 g/mol. The number of aromatic nitrogens is 3. The molecule has 0 aliphatic carbocycles. The first-order valence-corrected chi connectivity index (χ1v) is 11.0. The number of benzene rings is 1. The number of likely N-dealkylation sites (N-methyl/N-ethyl adjacent to an activating group) is 1. The highest BCUT2D eigenvalue weighted by molar-refractivity contribution is 7.22. The molecule has 3 aromatic heterocycles. The number of likely N-dealkylation sites (tertiary alicyclic amines) is 1. The fraction of sp³-hybridized carbons (Fsp3) is 0.318. The van der Waals surface area contributed by atoms with E-state index in [-0.39, 0.29) is 12.1 Å². The van der Waals surface area contributed by atoms with Crippen molar-refractivity contribution in [1.82, 2.24) is 19.9 Å². The number of urea groups is 1. The highest BCUT2D eigenvalue weighted by Gasteiger charge is 2.32. The van der Waals surface area contributed by atoms with Gasteiger partial charge in [-0.1, -0.05) is 30.4 Å². The second kappa shape index (κ2) is 7.60. The van der Waals surface area contributed by atoms with Crippen LogP contribution in [0.1, 0.15) is 13.3 Å². The van der Waals surface area contributed by atoms with Crippen LogP contribution in [0.15, 0.2) is 48.8 Å². The fourth-order valence-corrected chi connectivity index (χ4v) is 5.12. The van der Waals surface area contributed by atoms with Gasteiger partial charge in [-0.3, -0.25) is 5.32 Å². The number of pyridine rings is 1. The maximum absolute atomic E-state index is 13.0. The third-order valence-electron chi connectivity index (χ3n) is 6.03. The van der Waals surface area contributed by atoms with Crippen molar-refractivity contribution in [3.05, 3.63) is 48.8 Å². The summed E-state index contributed by atoms with van der Waals surface area (Å²) >= 11 is 1.51. The molecule has 2 N–H and O–H groups in total. The molecule has 1 saturated heterocycles. The zero-order chi connectivity index (χ0) is 20.7. The van der Waals surface area contributed by atoms with E-state index in [4.69, 9.17) is 0 Å². The normalized spacial score (nSPS) is 19.3. The van der Waals surface area contributed by atoms with Gasteiger partial charge >= 0.3 is 6.03 Å². The predicted molar refractivity (Wildman–Crippen MR) is 122 cm³/mol. The van der Waals surface area contributed by atoms with Crippen LogP contribution in [0, 0.1) is 5.92 Å². The molecule has 2 atom stereocenters. The van der Waals surface area contributed by atoms with Gasteiger partial charge in [-0.2, -0.15) is 0 Å². The molecule has 30 heavy (non-hydrogen) atoms. The molecule has 5 rings (SSSR count). The number of thiazole rings is 1. The van der Waals surface area contributed by atoms with Gasteiger partial charge in [0.15, 0.2) is 5.13 Å². The number of rotatable bonds is 3. The summed E-state index contributed by atoms with van der Waals surface area (Å²) in [7, 11) is 2.11. The van der Waals surface area contributed by atoms with Crippen LogP contribution in [0.5, 0.6) is 0 Å². The first-order valence-electron chi connectivity index (χ1n) is 10.2. The van der Waals surface area contributed by atoms with Gasteiger partial charge in [0.1, 0.15) is 5.65 Å². The van der Waals surface area contributed by atoms with Gasteiger partial charge < -0.3 is 14.8 Å². The monoisotopic (exact) mass is 420 g/mol. The van der Waals surface area contributed by atoms with Crippen LogP contribution >= 0.6 is 11.3 Å². The van der Waals surface area contributed by atoms with Crippen LogP contribution in [0.2, 0.25) is 0 Å². The summed E-state index contributed by atoms with van der Waals surface area (Å²) in [5, 5.41) is 4.75. The zero-order valence-electron chi connectivity index (χ0n) is 17.0. The smallest absolute Gasteiger partial charge is 0.323 e.